The lowest BCUT2D eigenvalue weighted by Gasteiger charge is -2.19. The molecular weight excluding hydrogens is 257 g/mol. The minimum atomic E-state index is -0.551. The molecule has 0 heterocycles. The van der Waals surface area contributed by atoms with Crippen LogP contribution in [0.1, 0.15) is 44.2 Å². The summed E-state index contributed by atoms with van der Waals surface area (Å²) in [6.45, 7) is 2.65. The van der Waals surface area contributed by atoms with E-state index in [-0.39, 0.29) is 11.9 Å². The molecule has 20 heavy (non-hydrogen) atoms. The van der Waals surface area contributed by atoms with Gasteiger partial charge in [-0.25, -0.2) is 4.39 Å². The predicted molar refractivity (Wildman–Crippen MR) is 77.0 cm³/mol. The highest BCUT2D eigenvalue weighted by Gasteiger charge is 2.17. The van der Waals surface area contributed by atoms with Crippen molar-refractivity contribution in [1.82, 2.24) is 5.32 Å². The molecule has 1 aliphatic rings. The number of hydrogen-bond acceptors (Lipinski definition) is 3. The highest BCUT2D eigenvalue weighted by molar-refractivity contribution is 5.20. The lowest BCUT2D eigenvalue weighted by molar-refractivity contribution is -0.00612. The van der Waals surface area contributed by atoms with E-state index < -0.39 is 6.10 Å². The largest absolute Gasteiger partial charge is 0.389 e. The molecular formula is C16H24FNO2. The third-order valence-electron chi connectivity index (χ3n) is 3.86. The summed E-state index contributed by atoms with van der Waals surface area (Å²) in [5.41, 5.74) is 0.622. The molecule has 0 radical (unpaired) electrons. The Labute approximate surface area is 120 Å². The van der Waals surface area contributed by atoms with E-state index in [1.165, 1.54) is 18.9 Å². The number of aliphatic hydroxyl groups excluding tert-OH is 1. The van der Waals surface area contributed by atoms with Gasteiger partial charge in [-0.2, -0.15) is 0 Å². The Balaban J connectivity index is 1.69. The van der Waals surface area contributed by atoms with Crippen molar-refractivity contribution in [1.29, 1.82) is 0 Å². The molecule has 0 aliphatic heterocycles. The molecule has 0 amide bonds. The van der Waals surface area contributed by atoms with Crippen molar-refractivity contribution >= 4 is 0 Å². The standard InChI is InChI=1S/C16H24FNO2/c1-12(15-8-4-5-9-16(15)17)18-10-13(19)11-20-14-6-2-3-7-14/h4-5,8-9,12-14,18-19H,2-3,6-7,10-11H2,1H3. The lowest BCUT2D eigenvalue weighted by Crippen LogP contribution is -2.33. The Hall–Kier alpha value is -0.970. The smallest absolute Gasteiger partial charge is 0.127 e. The van der Waals surface area contributed by atoms with Crippen LogP contribution in [0.2, 0.25) is 0 Å². The monoisotopic (exact) mass is 281 g/mol. The Morgan fingerprint density at radius 1 is 1.35 bits per heavy atom. The number of rotatable bonds is 7. The molecule has 1 aromatic carbocycles. The molecule has 112 valence electrons. The first kappa shape index (κ1) is 15.4. The van der Waals surface area contributed by atoms with Crippen molar-refractivity contribution in [2.75, 3.05) is 13.2 Å². The molecule has 0 aromatic heterocycles. The van der Waals surface area contributed by atoms with Crippen LogP contribution in [0.25, 0.3) is 0 Å². The Morgan fingerprint density at radius 3 is 2.75 bits per heavy atom. The summed E-state index contributed by atoms with van der Waals surface area (Å²) >= 11 is 0. The highest BCUT2D eigenvalue weighted by Crippen LogP contribution is 2.21. The molecule has 1 fully saturated rings. The van der Waals surface area contributed by atoms with Gasteiger partial charge in [0.25, 0.3) is 0 Å². The summed E-state index contributed by atoms with van der Waals surface area (Å²) in [5.74, 6) is -0.218. The minimum absolute atomic E-state index is 0.127. The van der Waals surface area contributed by atoms with Gasteiger partial charge in [0.1, 0.15) is 5.82 Å². The van der Waals surface area contributed by atoms with Gasteiger partial charge in [0.2, 0.25) is 0 Å². The lowest BCUT2D eigenvalue weighted by atomic mass is 10.1. The first-order valence-corrected chi connectivity index (χ1v) is 7.44. The van der Waals surface area contributed by atoms with Crippen LogP contribution in [0.4, 0.5) is 4.39 Å². The van der Waals surface area contributed by atoms with Gasteiger partial charge in [-0.1, -0.05) is 31.0 Å². The van der Waals surface area contributed by atoms with Crippen molar-refractivity contribution in [3.8, 4) is 0 Å². The van der Waals surface area contributed by atoms with E-state index in [1.807, 2.05) is 13.0 Å². The van der Waals surface area contributed by atoms with Gasteiger partial charge in [0, 0.05) is 18.2 Å². The quantitative estimate of drug-likeness (QED) is 0.807. The van der Waals surface area contributed by atoms with E-state index in [9.17, 15) is 9.50 Å². The van der Waals surface area contributed by atoms with Gasteiger partial charge < -0.3 is 15.2 Å². The first-order chi connectivity index (χ1) is 9.66. The van der Waals surface area contributed by atoms with E-state index in [1.54, 1.807) is 12.1 Å². The second-order valence-corrected chi connectivity index (χ2v) is 5.55. The van der Waals surface area contributed by atoms with Gasteiger partial charge in [-0.15, -0.1) is 0 Å². The second kappa shape index (κ2) is 7.72. The molecule has 3 nitrogen and oxygen atoms in total. The summed E-state index contributed by atoms with van der Waals surface area (Å²) in [6, 6.07) is 6.57. The third-order valence-corrected chi connectivity index (χ3v) is 3.86. The van der Waals surface area contributed by atoms with Crippen LogP contribution in [0.5, 0.6) is 0 Å². The van der Waals surface area contributed by atoms with Crippen LogP contribution in [0.15, 0.2) is 24.3 Å². The Bertz CT molecular complexity index is 407. The molecule has 0 spiro atoms. The maximum Gasteiger partial charge on any atom is 0.127 e. The molecule has 1 saturated carbocycles. The second-order valence-electron chi connectivity index (χ2n) is 5.55. The summed E-state index contributed by atoms with van der Waals surface area (Å²) in [6.07, 6.45) is 4.42. The van der Waals surface area contributed by atoms with Crippen LogP contribution in [0.3, 0.4) is 0 Å². The number of hydrogen-bond donors (Lipinski definition) is 2. The molecule has 2 atom stereocenters. The van der Waals surface area contributed by atoms with Crippen molar-refractivity contribution in [3.05, 3.63) is 35.6 Å². The zero-order valence-electron chi connectivity index (χ0n) is 12.0. The zero-order valence-corrected chi connectivity index (χ0v) is 12.0. The van der Waals surface area contributed by atoms with Gasteiger partial charge in [-0.3, -0.25) is 0 Å². The SMILES string of the molecule is CC(NCC(O)COC1CCCC1)c1ccccc1F. The van der Waals surface area contributed by atoms with Crippen LogP contribution >= 0.6 is 0 Å². The molecule has 0 saturated heterocycles. The van der Waals surface area contributed by atoms with Crippen molar-refractivity contribution in [2.24, 2.45) is 0 Å². The topological polar surface area (TPSA) is 41.5 Å². The highest BCUT2D eigenvalue weighted by atomic mass is 19.1. The fraction of sp³-hybridized carbons (Fsp3) is 0.625. The third kappa shape index (κ3) is 4.54. The minimum Gasteiger partial charge on any atom is -0.389 e. The Kier molecular flexibility index (Phi) is 5.95. The van der Waals surface area contributed by atoms with Gasteiger partial charge in [0.15, 0.2) is 0 Å². The van der Waals surface area contributed by atoms with Crippen LogP contribution < -0.4 is 5.32 Å². The molecule has 2 unspecified atom stereocenters. The van der Waals surface area contributed by atoms with E-state index in [0.717, 1.165) is 12.8 Å². The number of nitrogens with one attached hydrogen (secondary N) is 1. The first-order valence-electron chi connectivity index (χ1n) is 7.44. The number of ether oxygens (including phenoxy) is 1. The van der Waals surface area contributed by atoms with Gasteiger partial charge in [0.05, 0.1) is 18.8 Å². The molecule has 4 heteroatoms. The number of benzene rings is 1. The van der Waals surface area contributed by atoms with E-state index in [4.69, 9.17) is 4.74 Å². The molecule has 2 rings (SSSR count). The van der Waals surface area contributed by atoms with E-state index in [2.05, 4.69) is 5.32 Å². The van der Waals surface area contributed by atoms with Crippen molar-refractivity contribution < 1.29 is 14.2 Å². The summed E-state index contributed by atoms with van der Waals surface area (Å²) < 4.78 is 19.3. The summed E-state index contributed by atoms with van der Waals surface area (Å²) in [5, 5.41) is 13.0. The molecule has 0 bridgehead atoms. The molecule has 1 aromatic rings. The summed E-state index contributed by atoms with van der Waals surface area (Å²) in [4.78, 5) is 0. The molecule has 2 N–H and O–H groups in total. The van der Waals surface area contributed by atoms with E-state index in [0.29, 0.717) is 24.8 Å². The molecule has 1 aliphatic carbocycles. The fourth-order valence-electron chi connectivity index (χ4n) is 2.61. The summed E-state index contributed by atoms with van der Waals surface area (Å²) in [7, 11) is 0. The maximum absolute atomic E-state index is 13.6. The van der Waals surface area contributed by atoms with Crippen molar-refractivity contribution in [2.45, 2.75) is 50.9 Å². The average Bonchev–Trinajstić information content (AvgIpc) is 2.96. The van der Waals surface area contributed by atoms with Crippen LogP contribution in [0, 0.1) is 5.82 Å². The zero-order chi connectivity index (χ0) is 14.4. The van der Waals surface area contributed by atoms with Gasteiger partial charge in [-0.05, 0) is 25.8 Å². The number of halogens is 1. The van der Waals surface area contributed by atoms with Crippen LogP contribution in [-0.2, 0) is 4.74 Å². The normalized spacial score (nSPS) is 19.1. The predicted octanol–water partition coefficient (Wildman–Crippen LogP) is 2.80. The fourth-order valence-corrected chi connectivity index (χ4v) is 2.61. The Morgan fingerprint density at radius 2 is 2.05 bits per heavy atom. The van der Waals surface area contributed by atoms with Gasteiger partial charge >= 0.3 is 0 Å². The maximum atomic E-state index is 13.6. The average molecular weight is 281 g/mol. The number of aliphatic hydroxyl groups is 1. The van der Waals surface area contributed by atoms with Crippen LogP contribution in [-0.4, -0.2) is 30.5 Å². The van der Waals surface area contributed by atoms with E-state index >= 15 is 0 Å². The van der Waals surface area contributed by atoms with Crippen molar-refractivity contribution in [3.63, 3.8) is 0 Å².